The van der Waals surface area contributed by atoms with Crippen LogP contribution in [0.25, 0.3) is 0 Å². The van der Waals surface area contributed by atoms with E-state index in [1.165, 1.54) is 7.11 Å². The largest absolute Gasteiger partial charge is 0.465 e. The summed E-state index contributed by atoms with van der Waals surface area (Å²) in [6.07, 6.45) is 4.89. The first-order chi connectivity index (χ1) is 13.0. The van der Waals surface area contributed by atoms with Gasteiger partial charge in [-0.25, -0.2) is 4.79 Å². The van der Waals surface area contributed by atoms with Gasteiger partial charge in [-0.15, -0.1) is 0 Å². The molecule has 1 saturated heterocycles. The number of nitrogens with one attached hydrogen (secondary N) is 1. The van der Waals surface area contributed by atoms with Crippen molar-refractivity contribution < 1.29 is 19.1 Å². The second-order valence-corrected chi connectivity index (χ2v) is 7.42. The van der Waals surface area contributed by atoms with E-state index in [2.05, 4.69) is 4.98 Å². The molecule has 1 aromatic heterocycles. The zero-order chi connectivity index (χ0) is 19.6. The lowest BCUT2D eigenvalue weighted by atomic mass is 10.1. The number of carbonyl (C=O) groups excluding carboxylic acids is 3. The first-order valence-corrected chi connectivity index (χ1v) is 9.85. The first kappa shape index (κ1) is 19.5. The third-order valence-corrected chi connectivity index (χ3v) is 5.87. The number of ether oxygens (including phenoxy) is 1. The van der Waals surface area contributed by atoms with Gasteiger partial charge in [0.2, 0.25) is 5.91 Å². The highest BCUT2D eigenvalue weighted by molar-refractivity contribution is 6.00. The predicted molar refractivity (Wildman–Crippen MR) is 101 cm³/mol. The van der Waals surface area contributed by atoms with Gasteiger partial charge in [-0.1, -0.05) is 19.8 Å². The molecule has 0 bridgehead atoms. The molecule has 0 unspecified atom stereocenters. The fourth-order valence-corrected chi connectivity index (χ4v) is 4.23. The summed E-state index contributed by atoms with van der Waals surface area (Å²) >= 11 is 0. The maximum absolute atomic E-state index is 13.0. The van der Waals surface area contributed by atoms with Crippen molar-refractivity contribution in [2.75, 3.05) is 33.3 Å². The number of nitrogens with zero attached hydrogens (tertiary/aromatic N) is 2. The molecule has 7 nitrogen and oxygen atoms in total. The normalized spacial score (nSPS) is 18.0. The zero-order valence-electron chi connectivity index (χ0n) is 16.5. The van der Waals surface area contributed by atoms with Crippen LogP contribution in [-0.2, 0) is 16.0 Å². The highest BCUT2D eigenvalue weighted by atomic mass is 16.5. The number of piperazine rings is 1. The SMILES string of the molecule is CCc1[nH]c(C(=O)N2CCN(C(=O)C3CCCC3)CC2)c(C)c1C(=O)OC. The van der Waals surface area contributed by atoms with E-state index in [1.54, 1.807) is 11.8 Å². The summed E-state index contributed by atoms with van der Waals surface area (Å²) in [5.41, 5.74) is 2.26. The molecular formula is C20H29N3O4. The second kappa shape index (κ2) is 8.15. The number of aromatic amines is 1. The smallest absolute Gasteiger partial charge is 0.339 e. The highest BCUT2D eigenvalue weighted by Crippen LogP contribution is 2.27. The maximum atomic E-state index is 13.0. The molecule has 0 aromatic carbocycles. The quantitative estimate of drug-likeness (QED) is 0.818. The summed E-state index contributed by atoms with van der Waals surface area (Å²) in [5, 5.41) is 0. The van der Waals surface area contributed by atoms with Gasteiger partial charge >= 0.3 is 5.97 Å². The number of H-pyrrole nitrogens is 1. The molecule has 7 heteroatoms. The molecule has 27 heavy (non-hydrogen) atoms. The number of hydrogen-bond acceptors (Lipinski definition) is 4. The van der Waals surface area contributed by atoms with Gasteiger partial charge in [0.1, 0.15) is 5.69 Å². The second-order valence-electron chi connectivity index (χ2n) is 7.42. The lowest BCUT2D eigenvalue weighted by molar-refractivity contribution is -0.136. The molecule has 2 fully saturated rings. The molecule has 1 saturated carbocycles. The summed E-state index contributed by atoms with van der Waals surface area (Å²) in [6.45, 7) is 5.89. The van der Waals surface area contributed by atoms with Crippen molar-refractivity contribution in [3.8, 4) is 0 Å². The van der Waals surface area contributed by atoms with Gasteiger partial charge < -0.3 is 19.5 Å². The van der Waals surface area contributed by atoms with Crippen LogP contribution in [0.3, 0.4) is 0 Å². The molecule has 1 N–H and O–H groups in total. The average molecular weight is 375 g/mol. The molecule has 2 heterocycles. The Labute approximate surface area is 160 Å². The summed E-state index contributed by atoms with van der Waals surface area (Å²) in [6, 6.07) is 0. The molecule has 148 valence electrons. The molecule has 0 radical (unpaired) electrons. The van der Waals surface area contributed by atoms with E-state index in [-0.39, 0.29) is 17.7 Å². The molecular weight excluding hydrogens is 346 g/mol. The maximum Gasteiger partial charge on any atom is 0.339 e. The van der Waals surface area contributed by atoms with Crippen molar-refractivity contribution in [2.45, 2.75) is 46.0 Å². The van der Waals surface area contributed by atoms with Crippen LogP contribution >= 0.6 is 0 Å². The topological polar surface area (TPSA) is 82.7 Å². The minimum Gasteiger partial charge on any atom is -0.465 e. The number of aromatic nitrogens is 1. The Morgan fingerprint density at radius 2 is 1.67 bits per heavy atom. The number of carbonyl (C=O) groups is 3. The predicted octanol–water partition coefficient (Wildman–Crippen LogP) is 2.15. The number of hydrogen-bond donors (Lipinski definition) is 1. The van der Waals surface area contributed by atoms with Crippen molar-refractivity contribution >= 4 is 17.8 Å². The molecule has 3 rings (SSSR count). The lowest BCUT2D eigenvalue weighted by Crippen LogP contribution is -2.51. The van der Waals surface area contributed by atoms with E-state index < -0.39 is 5.97 Å². The number of aryl methyl sites for hydroxylation is 1. The number of esters is 1. The van der Waals surface area contributed by atoms with E-state index >= 15 is 0 Å². The number of amides is 2. The van der Waals surface area contributed by atoms with Crippen LogP contribution in [0.15, 0.2) is 0 Å². The fourth-order valence-electron chi connectivity index (χ4n) is 4.23. The van der Waals surface area contributed by atoms with E-state index in [9.17, 15) is 14.4 Å². The van der Waals surface area contributed by atoms with Crippen LogP contribution in [0.4, 0.5) is 0 Å². The molecule has 1 aliphatic heterocycles. The van der Waals surface area contributed by atoms with Crippen LogP contribution in [0, 0.1) is 12.8 Å². The Morgan fingerprint density at radius 3 is 2.22 bits per heavy atom. The van der Waals surface area contributed by atoms with Crippen molar-refractivity contribution in [2.24, 2.45) is 5.92 Å². The Morgan fingerprint density at radius 1 is 1.07 bits per heavy atom. The molecule has 2 amide bonds. The standard InChI is InChI=1S/C20H29N3O4/c1-4-15-16(20(26)27-3)13(2)17(21-15)19(25)23-11-9-22(10-12-23)18(24)14-7-5-6-8-14/h14,21H,4-12H2,1-3H3. The molecule has 1 aromatic rings. The van der Waals surface area contributed by atoms with Crippen LogP contribution in [0.1, 0.15) is 64.7 Å². The summed E-state index contributed by atoms with van der Waals surface area (Å²) in [7, 11) is 1.34. The third-order valence-electron chi connectivity index (χ3n) is 5.87. The van der Waals surface area contributed by atoms with Gasteiger partial charge in [0.05, 0.1) is 12.7 Å². The fraction of sp³-hybridized carbons (Fsp3) is 0.650. The van der Waals surface area contributed by atoms with E-state index in [4.69, 9.17) is 4.74 Å². The van der Waals surface area contributed by atoms with Crippen LogP contribution < -0.4 is 0 Å². The molecule has 2 aliphatic rings. The minimum absolute atomic E-state index is 0.120. The highest BCUT2D eigenvalue weighted by Gasteiger charge is 2.32. The Bertz CT molecular complexity index is 726. The summed E-state index contributed by atoms with van der Waals surface area (Å²) < 4.78 is 4.86. The van der Waals surface area contributed by atoms with Crippen molar-refractivity contribution in [1.82, 2.24) is 14.8 Å². The average Bonchev–Trinajstić information content (AvgIpc) is 3.34. The number of rotatable bonds is 4. The van der Waals surface area contributed by atoms with Gasteiger partial charge in [-0.3, -0.25) is 9.59 Å². The molecule has 1 aliphatic carbocycles. The minimum atomic E-state index is -0.424. The van der Waals surface area contributed by atoms with Crippen LogP contribution in [0.2, 0.25) is 0 Å². The zero-order valence-corrected chi connectivity index (χ0v) is 16.5. The Kier molecular flexibility index (Phi) is 5.87. The Balaban J connectivity index is 1.68. The summed E-state index contributed by atoms with van der Waals surface area (Å²) in [5.74, 6) is -0.124. The van der Waals surface area contributed by atoms with Crippen molar-refractivity contribution in [3.05, 3.63) is 22.5 Å². The summed E-state index contributed by atoms with van der Waals surface area (Å²) in [4.78, 5) is 44.4. The first-order valence-electron chi connectivity index (χ1n) is 9.85. The van der Waals surface area contributed by atoms with Gasteiger partial charge in [-0.05, 0) is 31.7 Å². The monoisotopic (exact) mass is 375 g/mol. The van der Waals surface area contributed by atoms with Gasteiger partial charge in [0, 0.05) is 37.8 Å². The van der Waals surface area contributed by atoms with Gasteiger partial charge in [-0.2, -0.15) is 0 Å². The van der Waals surface area contributed by atoms with Crippen LogP contribution in [-0.4, -0.2) is 65.9 Å². The van der Waals surface area contributed by atoms with Gasteiger partial charge in [0.15, 0.2) is 0 Å². The van der Waals surface area contributed by atoms with Crippen molar-refractivity contribution in [1.29, 1.82) is 0 Å². The third kappa shape index (κ3) is 3.73. The molecule has 0 atom stereocenters. The lowest BCUT2D eigenvalue weighted by Gasteiger charge is -2.36. The van der Waals surface area contributed by atoms with Gasteiger partial charge in [0.25, 0.3) is 5.91 Å². The van der Waals surface area contributed by atoms with E-state index in [1.807, 2.05) is 11.8 Å². The van der Waals surface area contributed by atoms with Crippen LogP contribution in [0.5, 0.6) is 0 Å². The number of methoxy groups -OCH3 is 1. The van der Waals surface area contributed by atoms with Crippen molar-refractivity contribution in [3.63, 3.8) is 0 Å². The Hall–Kier alpha value is -2.31. The molecule has 0 spiro atoms. The van der Waals surface area contributed by atoms with E-state index in [0.717, 1.165) is 31.4 Å². The van der Waals surface area contributed by atoms with E-state index in [0.29, 0.717) is 49.4 Å².